The van der Waals surface area contributed by atoms with E-state index in [2.05, 4.69) is 18.6 Å². The maximum absolute atomic E-state index is 11.2. The minimum Gasteiger partial charge on any atom is -0.467 e. The molecule has 14 heavy (non-hydrogen) atoms. The third-order valence-electron chi connectivity index (χ3n) is 3.41. The van der Waals surface area contributed by atoms with Gasteiger partial charge in [-0.1, -0.05) is 26.7 Å². The van der Waals surface area contributed by atoms with E-state index in [9.17, 15) is 9.90 Å². The second-order valence-corrected chi connectivity index (χ2v) is 4.81. The Morgan fingerprint density at radius 2 is 2.14 bits per heavy atom. The first-order valence-electron chi connectivity index (χ1n) is 5.25. The van der Waals surface area contributed by atoms with Crippen molar-refractivity contribution in [3.63, 3.8) is 0 Å². The molecule has 0 aromatic heterocycles. The van der Waals surface area contributed by atoms with E-state index in [1.165, 1.54) is 13.5 Å². The molecule has 1 rings (SSSR count). The summed E-state index contributed by atoms with van der Waals surface area (Å²) in [5, 5.41) is 9.80. The summed E-state index contributed by atoms with van der Waals surface area (Å²) in [6, 6.07) is 0. The van der Waals surface area contributed by atoms with Crippen LogP contribution in [0.3, 0.4) is 0 Å². The van der Waals surface area contributed by atoms with Crippen LogP contribution >= 0.6 is 0 Å². The van der Waals surface area contributed by atoms with Crippen LogP contribution in [0.2, 0.25) is 0 Å². The largest absolute Gasteiger partial charge is 0.467 e. The number of methoxy groups -OCH3 is 1. The monoisotopic (exact) mass is 200 g/mol. The molecular formula is C11H20O3. The maximum Gasteiger partial charge on any atom is 0.334 e. The lowest BCUT2D eigenvalue weighted by Gasteiger charge is -2.40. The first-order valence-corrected chi connectivity index (χ1v) is 5.25. The molecule has 0 amide bonds. The van der Waals surface area contributed by atoms with Crippen molar-refractivity contribution in [2.75, 3.05) is 7.11 Å². The number of hydrogen-bond donors (Lipinski definition) is 1. The van der Waals surface area contributed by atoms with E-state index >= 15 is 0 Å². The average molecular weight is 200 g/mol. The van der Waals surface area contributed by atoms with Crippen molar-refractivity contribution in [1.82, 2.24) is 0 Å². The molecule has 0 radical (unpaired) electrons. The van der Waals surface area contributed by atoms with E-state index in [0.717, 1.165) is 19.3 Å². The third-order valence-corrected chi connectivity index (χ3v) is 3.41. The van der Waals surface area contributed by atoms with Gasteiger partial charge in [0.1, 0.15) is 0 Å². The zero-order chi connectivity index (χ0) is 10.8. The van der Waals surface area contributed by atoms with Crippen LogP contribution in [-0.2, 0) is 9.53 Å². The van der Waals surface area contributed by atoms with E-state index in [1.807, 2.05) is 0 Å². The summed E-state index contributed by atoms with van der Waals surface area (Å²) < 4.78 is 4.57. The fraction of sp³-hybridized carbons (Fsp3) is 0.909. The maximum atomic E-state index is 11.2. The number of esters is 1. The summed E-state index contributed by atoms with van der Waals surface area (Å²) >= 11 is 0. The summed E-state index contributed by atoms with van der Waals surface area (Å²) in [6.45, 7) is 4.23. The molecule has 0 aromatic carbocycles. The van der Waals surface area contributed by atoms with Crippen LogP contribution in [-0.4, -0.2) is 24.3 Å². The van der Waals surface area contributed by atoms with E-state index in [-0.39, 0.29) is 11.3 Å². The Bertz CT molecular complexity index is 211. The highest BCUT2D eigenvalue weighted by molar-refractivity contribution is 5.74. The second-order valence-electron chi connectivity index (χ2n) is 4.81. The summed E-state index contributed by atoms with van der Waals surface area (Å²) in [4.78, 5) is 11.2. The molecule has 0 heterocycles. The van der Waals surface area contributed by atoms with E-state index in [4.69, 9.17) is 0 Å². The molecule has 0 saturated heterocycles. The highest BCUT2D eigenvalue weighted by atomic mass is 16.5. The molecule has 0 aliphatic heterocycles. The van der Waals surface area contributed by atoms with Crippen molar-refractivity contribution in [3.05, 3.63) is 0 Å². The van der Waals surface area contributed by atoms with Crippen molar-refractivity contribution >= 4 is 5.97 Å². The minimum atomic E-state index is -0.949. The first kappa shape index (κ1) is 11.5. The fourth-order valence-corrected chi connectivity index (χ4v) is 2.39. The van der Waals surface area contributed by atoms with E-state index < -0.39 is 12.1 Å². The lowest BCUT2D eigenvalue weighted by atomic mass is 9.66. The van der Waals surface area contributed by atoms with Gasteiger partial charge in [-0.3, -0.25) is 0 Å². The van der Waals surface area contributed by atoms with Crippen molar-refractivity contribution in [2.45, 2.75) is 45.6 Å². The van der Waals surface area contributed by atoms with Gasteiger partial charge in [0.15, 0.2) is 6.10 Å². The minimum absolute atomic E-state index is 0.0451. The Balaban J connectivity index is 2.69. The van der Waals surface area contributed by atoms with Crippen molar-refractivity contribution in [2.24, 2.45) is 11.3 Å². The number of aliphatic hydroxyl groups is 1. The highest BCUT2D eigenvalue weighted by Crippen LogP contribution is 2.42. The van der Waals surface area contributed by atoms with E-state index in [1.54, 1.807) is 0 Å². The molecule has 1 saturated carbocycles. The Morgan fingerprint density at radius 3 is 2.64 bits per heavy atom. The van der Waals surface area contributed by atoms with Gasteiger partial charge in [-0.2, -0.15) is 0 Å². The Labute approximate surface area is 85.5 Å². The molecule has 1 fully saturated rings. The Morgan fingerprint density at radius 1 is 1.50 bits per heavy atom. The van der Waals surface area contributed by atoms with Crippen LogP contribution in [0.25, 0.3) is 0 Å². The number of aliphatic hydroxyl groups excluding tert-OH is 1. The van der Waals surface area contributed by atoms with Gasteiger partial charge in [-0.05, 0) is 18.3 Å². The predicted octanol–water partition coefficient (Wildman–Crippen LogP) is 1.74. The second kappa shape index (κ2) is 4.30. The molecule has 3 heteroatoms. The number of rotatable bonds is 2. The van der Waals surface area contributed by atoms with Crippen molar-refractivity contribution in [1.29, 1.82) is 0 Å². The van der Waals surface area contributed by atoms with Gasteiger partial charge in [-0.15, -0.1) is 0 Å². The zero-order valence-electron chi connectivity index (χ0n) is 9.25. The zero-order valence-corrected chi connectivity index (χ0v) is 9.25. The fourth-order valence-electron chi connectivity index (χ4n) is 2.39. The molecule has 0 aromatic rings. The van der Waals surface area contributed by atoms with E-state index in [0.29, 0.717) is 0 Å². The quantitative estimate of drug-likeness (QED) is 0.691. The van der Waals surface area contributed by atoms with Crippen molar-refractivity contribution < 1.29 is 14.6 Å². The summed E-state index contributed by atoms with van der Waals surface area (Å²) in [7, 11) is 1.32. The normalized spacial score (nSPS) is 28.1. The predicted molar refractivity (Wildman–Crippen MR) is 53.8 cm³/mol. The summed E-state index contributed by atoms with van der Waals surface area (Å²) in [6.07, 6.45) is 3.34. The van der Waals surface area contributed by atoms with Gasteiger partial charge >= 0.3 is 5.97 Å². The van der Waals surface area contributed by atoms with Gasteiger partial charge in [0.2, 0.25) is 0 Å². The molecule has 1 aliphatic rings. The third kappa shape index (κ3) is 2.27. The van der Waals surface area contributed by atoms with Gasteiger partial charge < -0.3 is 9.84 Å². The highest BCUT2D eigenvalue weighted by Gasteiger charge is 2.40. The molecule has 2 atom stereocenters. The molecular weight excluding hydrogens is 180 g/mol. The van der Waals surface area contributed by atoms with Crippen LogP contribution in [0.4, 0.5) is 0 Å². The number of ether oxygens (including phenoxy) is 1. The molecule has 3 nitrogen and oxygen atoms in total. The lowest BCUT2D eigenvalue weighted by molar-refractivity contribution is -0.157. The first-order chi connectivity index (χ1) is 6.49. The molecule has 82 valence electrons. The topological polar surface area (TPSA) is 46.5 Å². The molecule has 0 bridgehead atoms. The van der Waals surface area contributed by atoms with Crippen LogP contribution in [0.15, 0.2) is 0 Å². The summed E-state index contributed by atoms with van der Waals surface area (Å²) in [5.41, 5.74) is 0.0475. The molecule has 2 unspecified atom stereocenters. The smallest absolute Gasteiger partial charge is 0.334 e. The number of carbonyl (C=O) groups is 1. The Kier molecular flexibility index (Phi) is 3.53. The average Bonchev–Trinajstić information content (AvgIpc) is 2.15. The van der Waals surface area contributed by atoms with Crippen LogP contribution in [0.1, 0.15) is 39.5 Å². The molecule has 1 aliphatic carbocycles. The molecule has 0 spiro atoms. The van der Waals surface area contributed by atoms with Gasteiger partial charge in [-0.25, -0.2) is 4.79 Å². The Hall–Kier alpha value is -0.570. The SMILES string of the molecule is COC(=O)C(O)C1CCCCC1(C)C. The van der Waals surface area contributed by atoms with Crippen LogP contribution in [0, 0.1) is 11.3 Å². The van der Waals surface area contributed by atoms with Crippen molar-refractivity contribution in [3.8, 4) is 0 Å². The lowest BCUT2D eigenvalue weighted by Crippen LogP contribution is -2.41. The standard InChI is InChI=1S/C11H20O3/c1-11(2)7-5-4-6-8(11)9(12)10(13)14-3/h8-9,12H,4-7H2,1-3H3. The van der Waals surface area contributed by atoms with Gasteiger partial charge in [0.05, 0.1) is 7.11 Å². The van der Waals surface area contributed by atoms with Crippen LogP contribution in [0.5, 0.6) is 0 Å². The number of carbonyl (C=O) groups excluding carboxylic acids is 1. The van der Waals surface area contributed by atoms with Gasteiger partial charge in [0, 0.05) is 5.92 Å². The number of hydrogen-bond acceptors (Lipinski definition) is 3. The van der Waals surface area contributed by atoms with Crippen LogP contribution < -0.4 is 0 Å². The van der Waals surface area contributed by atoms with Gasteiger partial charge in [0.25, 0.3) is 0 Å². The summed E-state index contributed by atoms with van der Waals surface area (Å²) in [5.74, 6) is -0.450. The molecule has 1 N–H and O–H groups in total.